The van der Waals surface area contributed by atoms with E-state index in [1.54, 1.807) is 11.3 Å². The van der Waals surface area contributed by atoms with Crippen molar-refractivity contribution in [3.8, 4) is 0 Å². The van der Waals surface area contributed by atoms with Gasteiger partial charge in [0, 0.05) is 31.1 Å². The van der Waals surface area contributed by atoms with Crippen LogP contribution in [0.15, 0.2) is 41.8 Å². The van der Waals surface area contributed by atoms with Gasteiger partial charge in [-0.1, -0.05) is 45.9 Å². The zero-order valence-electron chi connectivity index (χ0n) is 17.4. The normalized spacial score (nSPS) is 16.6. The number of hydrogen-bond acceptors (Lipinski definition) is 4. The Morgan fingerprint density at radius 2 is 1.82 bits per heavy atom. The van der Waals surface area contributed by atoms with Crippen LogP contribution >= 0.6 is 11.3 Å². The van der Waals surface area contributed by atoms with Crippen molar-refractivity contribution in [2.45, 2.75) is 33.7 Å². The van der Waals surface area contributed by atoms with Gasteiger partial charge < -0.3 is 20.4 Å². The summed E-state index contributed by atoms with van der Waals surface area (Å²) < 4.78 is 0. The molecule has 6 heteroatoms. The van der Waals surface area contributed by atoms with Gasteiger partial charge in [-0.2, -0.15) is 0 Å². The third-order valence-corrected chi connectivity index (χ3v) is 6.22. The zero-order chi connectivity index (χ0) is 20.1. The molecule has 152 valence electrons. The van der Waals surface area contributed by atoms with E-state index in [4.69, 9.17) is 0 Å². The molecular formula is C22H32N4OS. The lowest BCUT2D eigenvalue weighted by molar-refractivity contribution is 0.230. The number of hydrogen-bond donors (Lipinski definition) is 2. The Kier molecular flexibility index (Phi) is 6.62. The summed E-state index contributed by atoms with van der Waals surface area (Å²) in [5.74, 6) is 0. The largest absolute Gasteiger partial charge is 0.367 e. The molecule has 2 amide bonds. The fourth-order valence-electron chi connectivity index (χ4n) is 3.62. The second-order valence-electron chi connectivity index (χ2n) is 8.35. The van der Waals surface area contributed by atoms with Crippen molar-refractivity contribution in [1.29, 1.82) is 0 Å². The molecule has 0 aliphatic carbocycles. The fourth-order valence-corrected chi connectivity index (χ4v) is 4.64. The van der Waals surface area contributed by atoms with Gasteiger partial charge in [-0.25, -0.2) is 4.79 Å². The van der Waals surface area contributed by atoms with Crippen LogP contribution in [0, 0.1) is 5.41 Å². The topological polar surface area (TPSA) is 47.6 Å². The molecule has 28 heavy (non-hydrogen) atoms. The number of para-hydroxylation sites is 2. The van der Waals surface area contributed by atoms with E-state index in [1.807, 2.05) is 24.3 Å². The Hall–Kier alpha value is -2.05. The number of thiophene rings is 1. The molecule has 0 bridgehead atoms. The van der Waals surface area contributed by atoms with Crippen molar-refractivity contribution in [2.24, 2.45) is 5.41 Å². The molecule has 1 atom stereocenters. The minimum absolute atomic E-state index is 0.0345. The molecule has 0 radical (unpaired) electrons. The van der Waals surface area contributed by atoms with Crippen LogP contribution in [0.2, 0.25) is 0 Å². The highest BCUT2D eigenvalue weighted by Crippen LogP contribution is 2.35. The van der Waals surface area contributed by atoms with Gasteiger partial charge >= 0.3 is 6.03 Å². The second kappa shape index (κ2) is 8.97. The number of rotatable bonds is 5. The van der Waals surface area contributed by atoms with E-state index in [9.17, 15) is 4.79 Å². The van der Waals surface area contributed by atoms with Gasteiger partial charge in [0.2, 0.25) is 0 Å². The average molecular weight is 401 g/mol. The number of benzene rings is 1. The summed E-state index contributed by atoms with van der Waals surface area (Å²) in [6, 6.07) is 12.0. The molecule has 1 fully saturated rings. The van der Waals surface area contributed by atoms with Gasteiger partial charge in [-0.3, -0.25) is 0 Å². The third kappa shape index (κ3) is 5.06. The minimum Gasteiger partial charge on any atom is -0.367 e. The van der Waals surface area contributed by atoms with Crippen molar-refractivity contribution in [1.82, 2.24) is 10.2 Å². The van der Waals surface area contributed by atoms with Crippen molar-refractivity contribution < 1.29 is 4.79 Å². The molecule has 1 aromatic carbocycles. The van der Waals surface area contributed by atoms with E-state index in [-0.39, 0.29) is 17.5 Å². The van der Waals surface area contributed by atoms with Crippen LogP contribution in [-0.4, -0.2) is 43.7 Å². The quantitative estimate of drug-likeness (QED) is 0.758. The Bertz CT molecular complexity index is 761. The van der Waals surface area contributed by atoms with Gasteiger partial charge in [0.05, 0.1) is 17.4 Å². The molecule has 2 aromatic rings. The third-order valence-electron chi connectivity index (χ3n) is 5.28. The van der Waals surface area contributed by atoms with Gasteiger partial charge in [0.1, 0.15) is 0 Å². The van der Waals surface area contributed by atoms with Crippen LogP contribution < -0.4 is 15.5 Å². The number of amides is 2. The molecule has 3 rings (SSSR count). The highest BCUT2D eigenvalue weighted by Gasteiger charge is 2.29. The molecule has 1 aliphatic rings. The first-order valence-corrected chi connectivity index (χ1v) is 10.9. The van der Waals surface area contributed by atoms with Crippen molar-refractivity contribution in [3.05, 3.63) is 46.7 Å². The molecule has 1 aliphatic heterocycles. The number of urea groups is 1. The summed E-state index contributed by atoms with van der Waals surface area (Å²) in [5, 5.41) is 8.34. The molecule has 2 N–H and O–H groups in total. The van der Waals surface area contributed by atoms with E-state index in [0.717, 1.165) is 44.1 Å². The summed E-state index contributed by atoms with van der Waals surface area (Å²) in [6.07, 6.45) is 0. The predicted octanol–water partition coefficient (Wildman–Crippen LogP) is 4.80. The molecule has 1 unspecified atom stereocenters. The molecule has 2 heterocycles. The van der Waals surface area contributed by atoms with Crippen molar-refractivity contribution >= 4 is 28.7 Å². The number of carbonyl (C=O) groups excluding carboxylic acids is 1. The summed E-state index contributed by atoms with van der Waals surface area (Å²) in [5.41, 5.74) is 1.89. The lowest BCUT2D eigenvalue weighted by Crippen LogP contribution is -2.46. The molecule has 1 aromatic heterocycles. The average Bonchev–Trinajstić information content (AvgIpc) is 3.20. The zero-order valence-corrected chi connectivity index (χ0v) is 18.2. The number of piperazine rings is 1. The van der Waals surface area contributed by atoms with Gasteiger partial charge in [0.25, 0.3) is 0 Å². The van der Waals surface area contributed by atoms with Gasteiger partial charge in [-0.15, -0.1) is 11.3 Å². The Morgan fingerprint density at radius 1 is 1.11 bits per heavy atom. The highest BCUT2D eigenvalue weighted by molar-refractivity contribution is 7.10. The SMILES string of the molecule is CCN1CCN(c2ccccc2NC(=O)NC(c2cccs2)C(C)(C)C)CC1. The smallest absolute Gasteiger partial charge is 0.319 e. The van der Waals surface area contributed by atoms with E-state index >= 15 is 0 Å². The standard InChI is InChI=1S/C22H32N4OS/c1-5-25-12-14-26(15-13-25)18-10-7-6-9-17(18)23-21(27)24-20(22(2,3)4)19-11-8-16-28-19/h6-11,16,20H,5,12-15H2,1-4H3,(H2,23,24,27). The fraction of sp³-hybridized carbons (Fsp3) is 0.500. The summed E-state index contributed by atoms with van der Waals surface area (Å²) in [4.78, 5) is 18.8. The highest BCUT2D eigenvalue weighted by atomic mass is 32.1. The van der Waals surface area contributed by atoms with Crippen LogP contribution in [0.25, 0.3) is 0 Å². The van der Waals surface area contributed by atoms with Crippen LogP contribution in [0.4, 0.5) is 16.2 Å². The molecule has 5 nitrogen and oxygen atoms in total. The first-order valence-electron chi connectivity index (χ1n) is 10.1. The van der Waals surface area contributed by atoms with E-state index < -0.39 is 0 Å². The lowest BCUT2D eigenvalue weighted by atomic mass is 9.86. The minimum atomic E-state index is -0.159. The predicted molar refractivity (Wildman–Crippen MR) is 119 cm³/mol. The van der Waals surface area contributed by atoms with E-state index in [2.05, 4.69) is 65.6 Å². The summed E-state index contributed by atoms with van der Waals surface area (Å²) in [7, 11) is 0. The number of nitrogens with zero attached hydrogens (tertiary/aromatic N) is 2. The Labute approximate surface area is 172 Å². The second-order valence-corrected chi connectivity index (χ2v) is 9.33. The summed E-state index contributed by atoms with van der Waals surface area (Å²) in [6.45, 7) is 13.8. The molecule has 0 spiro atoms. The maximum atomic E-state index is 12.9. The monoisotopic (exact) mass is 400 g/mol. The van der Waals surface area contributed by atoms with Crippen LogP contribution in [0.3, 0.4) is 0 Å². The number of carbonyl (C=O) groups is 1. The number of likely N-dealkylation sites (N-methyl/N-ethyl adjacent to an activating group) is 1. The molecule has 1 saturated heterocycles. The maximum Gasteiger partial charge on any atom is 0.319 e. The van der Waals surface area contributed by atoms with Gasteiger partial charge in [0.15, 0.2) is 0 Å². The number of anilines is 2. The van der Waals surface area contributed by atoms with Crippen LogP contribution in [0.1, 0.15) is 38.6 Å². The maximum absolute atomic E-state index is 12.9. The van der Waals surface area contributed by atoms with Crippen molar-refractivity contribution in [2.75, 3.05) is 42.9 Å². The van der Waals surface area contributed by atoms with Crippen LogP contribution in [-0.2, 0) is 0 Å². The first kappa shape index (κ1) is 20.7. The summed E-state index contributed by atoms with van der Waals surface area (Å²) >= 11 is 1.68. The molecule has 0 saturated carbocycles. The number of nitrogens with one attached hydrogen (secondary N) is 2. The molecular weight excluding hydrogens is 368 g/mol. The van der Waals surface area contributed by atoms with E-state index in [1.165, 1.54) is 4.88 Å². The first-order chi connectivity index (χ1) is 13.4. The Morgan fingerprint density at radius 3 is 2.43 bits per heavy atom. The lowest BCUT2D eigenvalue weighted by Gasteiger charge is -2.36. The van der Waals surface area contributed by atoms with Gasteiger partial charge in [-0.05, 0) is 35.5 Å². The van der Waals surface area contributed by atoms with Crippen molar-refractivity contribution in [3.63, 3.8) is 0 Å². The van der Waals surface area contributed by atoms with E-state index in [0.29, 0.717) is 0 Å². The van der Waals surface area contributed by atoms with Crippen LogP contribution in [0.5, 0.6) is 0 Å². The Balaban J connectivity index is 1.70.